The number of halogens is 2. The monoisotopic (exact) mass is 323 g/mol. The van der Waals surface area contributed by atoms with Gasteiger partial charge in [-0.2, -0.15) is 0 Å². The lowest BCUT2D eigenvalue weighted by atomic mass is 10.0. The van der Waals surface area contributed by atoms with Crippen LogP contribution in [-0.2, 0) is 10.3 Å². The second kappa shape index (κ2) is 6.17. The molecule has 1 unspecified atom stereocenters. The molecule has 3 rings (SSSR count). The third kappa shape index (κ3) is 3.53. The van der Waals surface area contributed by atoms with E-state index in [2.05, 4.69) is 15.1 Å². The number of rotatable bonds is 5. The average Bonchev–Trinajstić information content (AvgIpc) is 3.09. The standard InChI is InChI=1S/C17H23F2N3O/c1-21(2)13-5-8-22(10-13)11-16(23)20-17(6-7-17)14-9-12(18)3-4-15(14)19/h3-4,9,13H,5-8,10-11H2,1-2H3,(H,20,23). The van der Waals surface area contributed by atoms with Crippen molar-refractivity contribution in [3.63, 3.8) is 0 Å². The fraction of sp³-hybridized carbons (Fsp3) is 0.588. The van der Waals surface area contributed by atoms with Crippen molar-refractivity contribution in [3.05, 3.63) is 35.4 Å². The summed E-state index contributed by atoms with van der Waals surface area (Å²) in [5, 5.41) is 2.92. The van der Waals surface area contributed by atoms with Crippen LogP contribution >= 0.6 is 0 Å². The topological polar surface area (TPSA) is 35.6 Å². The van der Waals surface area contributed by atoms with E-state index >= 15 is 0 Å². The summed E-state index contributed by atoms with van der Waals surface area (Å²) in [6.45, 7) is 2.06. The quantitative estimate of drug-likeness (QED) is 0.896. The maximum atomic E-state index is 14.0. The molecule has 1 saturated carbocycles. The SMILES string of the molecule is CN(C)C1CCN(CC(=O)NC2(c3cc(F)ccc3F)CC2)C1. The van der Waals surface area contributed by atoms with Crippen LogP contribution in [0.2, 0.25) is 0 Å². The molecule has 0 aromatic heterocycles. The molecule has 6 heteroatoms. The molecule has 4 nitrogen and oxygen atoms in total. The Kier molecular flexibility index (Phi) is 4.38. The van der Waals surface area contributed by atoms with Gasteiger partial charge in [-0.05, 0) is 51.6 Å². The van der Waals surface area contributed by atoms with Gasteiger partial charge in [-0.3, -0.25) is 9.69 Å². The Morgan fingerprint density at radius 2 is 2.13 bits per heavy atom. The molecule has 1 amide bonds. The first-order chi connectivity index (χ1) is 10.9. The lowest BCUT2D eigenvalue weighted by molar-refractivity contribution is -0.123. The molecular formula is C17H23F2N3O. The first-order valence-corrected chi connectivity index (χ1v) is 8.05. The summed E-state index contributed by atoms with van der Waals surface area (Å²) in [7, 11) is 4.08. The maximum absolute atomic E-state index is 14.0. The summed E-state index contributed by atoms with van der Waals surface area (Å²) in [6, 6.07) is 3.89. The van der Waals surface area contributed by atoms with Gasteiger partial charge >= 0.3 is 0 Å². The van der Waals surface area contributed by atoms with E-state index in [4.69, 9.17) is 0 Å². The number of nitrogens with one attached hydrogen (secondary N) is 1. The average molecular weight is 323 g/mol. The van der Waals surface area contributed by atoms with Crippen LogP contribution in [-0.4, -0.2) is 55.5 Å². The van der Waals surface area contributed by atoms with Crippen molar-refractivity contribution >= 4 is 5.91 Å². The van der Waals surface area contributed by atoms with Gasteiger partial charge in [-0.15, -0.1) is 0 Å². The molecular weight excluding hydrogens is 300 g/mol. The molecule has 1 aliphatic carbocycles. The van der Waals surface area contributed by atoms with Crippen LogP contribution in [0.15, 0.2) is 18.2 Å². The number of amides is 1. The predicted molar refractivity (Wildman–Crippen MR) is 83.9 cm³/mol. The molecule has 1 atom stereocenters. The largest absolute Gasteiger partial charge is 0.345 e. The van der Waals surface area contributed by atoms with Crippen molar-refractivity contribution in [1.29, 1.82) is 0 Å². The maximum Gasteiger partial charge on any atom is 0.234 e. The molecule has 1 saturated heterocycles. The summed E-state index contributed by atoms with van der Waals surface area (Å²) in [6.07, 6.45) is 2.35. The Morgan fingerprint density at radius 3 is 2.74 bits per heavy atom. The first kappa shape index (κ1) is 16.3. The number of likely N-dealkylation sites (N-methyl/N-ethyl adjacent to an activating group) is 1. The lowest BCUT2D eigenvalue weighted by Gasteiger charge is -2.22. The number of benzene rings is 1. The van der Waals surface area contributed by atoms with Crippen LogP contribution in [0.5, 0.6) is 0 Å². The number of hydrogen-bond acceptors (Lipinski definition) is 3. The number of carbonyl (C=O) groups is 1. The van der Waals surface area contributed by atoms with Crippen LogP contribution in [0.4, 0.5) is 8.78 Å². The summed E-state index contributed by atoms with van der Waals surface area (Å²) in [5.74, 6) is -1.06. The molecule has 1 aliphatic heterocycles. The van der Waals surface area contributed by atoms with Gasteiger partial charge in [0, 0.05) is 24.7 Å². The van der Waals surface area contributed by atoms with E-state index in [-0.39, 0.29) is 11.5 Å². The molecule has 1 aromatic carbocycles. The van der Waals surface area contributed by atoms with E-state index in [9.17, 15) is 13.6 Å². The second-order valence-electron chi connectivity index (χ2n) is 6.90. The first-order valence-electron chi connectivity index (χ1n) is 8.05. The molecule has 126 valence electrons. The van der Waals surface area contributed by atoms with Crippen molar-refractivity contribution in [2.24, 2.45) is 0 Å². The summed E-state index contributed by atoms with van der Waals surface area (Å²) in [5.41, 5.74) is -0.456. The highest BCUT2D eigenvalue weighted by Crippen LogP contribution is 2.46. The molecule has 23 heavy (non-hydrogen) atoms. The zero-order valence-corrected chi connectivity index (χ0v) is 13.6. The van der Waals surface area contributed by atoms with E-state index in [1.807, 2.05) is 14.1 Å². The lowest BCUT2D eigenvalue weighted by Crippen LogP contribution is -2.42. The Morgan fingerprint density at radius 1 is 1.39 bits per heavy atom. The smallest absolute Gasteiger partial charge is 0.234 e. The van der Waals surface area contributed by atoms with Crippen LogP contribution in [0.1, 0.15) is 24.8 Å². The summed E-state index contributed by atoms with van der Waals surface area (Å²) >= 11 is 0. The van der Waals surface area contributed by atoms with Gasteiger partial charge in [0.25, 0.3) is 0 Å². The van der Waals surface area contributed by atoms with Gasteiger partial charge < -0.3 is 10.2 Å². The molecule has 1 aromatic rings. The van der Waals surface area contributed by atoms with Gasteiger partial charge in [0.05, 0.1) is 12.1 Å². The second-order valence-corrected chi connectivity index (χ2v) is 6.90. The van der Waals surface area contributed by atoms with Crippen molar-refractivity contribution in [2.75, 3.05) is 33.7 Å². The highest BCUT2D eigenvalue weighted by atomic mass is 19.1. The zero-order valence-electron chi connectivity index (χ0n) is 13.6. The summed E-state index contributed by atoms with van der Waals surface area (Å²) < 4.78 is 27.4. The van der Waals surface area contributed by atoms with Crippen molar-refractivity contribution in [3.8, 4) is 0 Å². The van der Waals surface area contributed by atoms with Gasteiger partial charge in [0.1, 0.15) is 11.6 Å². The highest BCUT2D eigenvalue weighted by Gasteiger charge is 2.47. The molecule has 0 radical (unpaired) electrons. The Balaban J connectivity index is 1.61. The van der Waals surface area contributed by atoms with Gasteiger partial charge in [0.2, 0.25) is 5.91 Å². The minimum absolute atomic E-state index is 0.120. The van der Waals surface area contributed by atoms with E-state index in [1.54, 1.807) is 0 Å². The van der Waals surface area contributed by atoms with E-state index in [0.29, 0.717) is 25.4 Å². The van der Waals surface area contributed by atoms with Crippen LogP contribution in [0, 0.1) is 11.6 Å². The van der Waals surface area contributed by atoms with Gasteiger partial charge in [-0.25, -0.2) is 8.78 Å². The number of hydrogen-bond donors (Lipinski definition) is 1. The predicted octanol–water partition coefficient (Wildman–Crippen LogP) is 1.71. The highest BCUT2D eigenvalue weighted by molar-refractivity contribution is 5.79. The fourth-order valence-corrected chi connectivity index (χ4v) is 3.34. The van der Waals surface area contributed by atoms with Crippen molar-refractivity contribution < 1.29 is 13.6 Å². The minimum atomic E-state index is -0.718. The summed E-state index contributed by atoms with van der Waals surface area (Å²) in [4.78, 5) is 16.6. The Hall–Kier alpha value is -1.53. The van der Waals surface area contributed by atoms with E-state index in [1.165, 1.54) is 6.07 Å². The number of carbonyl (C=O) groups excluding carboxylic acids is 1. The number of nitrogens with zero attached hydrogens (tertiary/aromatic N) is 2. The third-order valence-electron chi connectivity index (χ3n) is 4.92. The fourth-order valence-electron chi connectivity index (χ4n) is 3.34. The normalized spacial score (nSPS) is 23.3. The third-order valence-corrected chi connectivity index (χ3v) is 4.92. The molecule has 2 aliphatic rings. The molecule has 0 bridgehead atoms. The van der Waals surface area contributed by atoms with Crippen molar-refractivity contribution in [1.82, 2.24) is 15.1 Å². The van der Waals surface area contributed by atoms with E-state index < -0.39 is 17.2 Å². The van der Waals surface area contributed by atoms with Crippen molar-refractivity contribution in [2.45, 2.75) is 30.8 Å². The molecule has 1 N–H and O–H groups in total. The van der Waals surface area contributed by atoms with Gasteiger partial charge in [0.15, 0.2) is 0 Å². The Labute approximate surface area is 135 Å². The van der Waals surface area contributed by atoms with Gasteiger partial charge in [-0.1, -0.05) is 0 Å². The number of likely N-dealkylation sites (tertiary alicyclic amines) is 1. The zero-order chi connectivity index (χ0) is 16.6. The van der Waals surface area contributed by atoms with Crippen LogP contribution in [0.3, 0.4) is 0 Å². The molecule has 1 heterocycles. The van der Waals surface area contributed by atoms with E-state index in [0.717, 1.165) is 31.6 Å². The van der Waals surface area contributed by atoms with Crippen LogP contribution in [0.25, 0.3) is 0 Å². The molecule has 2 fully saturated rings. The minimum Gasteiger partial charge on any atom is -0.345 e. The van der Waals surface area contributed by atoms with Crippen LogP contribution < -0.4 is 5.32 Å². The Bertz CT molecular complexity index is 602. The molecule has 0 spiro atoms.